The van der Waals surface area contributed by atoms with Gasteiger partial charge in [-0.1, -0.05) is 25.0 Å². The normalized spacial score (nSPS) is 28.2. The van der Waals surface area contributed by atoms with Crippen LogP contribution in [0.2, 0.25) is 0 Å². The maximum atomic E-state index is 11.4. The molecule has 0 fully saturated rings. The Morgan fingerprint density at radius 3 is 3.18 bits per heavy atom. The number of hydrogen-bond donors (Lipinski definition) is 0. The second-order valence-corrected chi connectivity index (χ2v) is 4.86. The summed E-state index contributed by atoms with van der Waals surface area (Å²) in [6, 6.07) is 0. The van der Waals surface area contributed by atoms with Crippen LogP contribution in [0.5, 0.6) is 0 Å². The molecular weight excluding hydrogens is 216 g/mol. The number of carbonyl (C=O) groups is 1. The maximum Gasteiger partial charge on any atom is 0.309 e. The maximum absolute atomic E-state index is 11.4. The summed E-state index contributed by atoms with van der Waals surface area (Å²) < 4.78 is 10.2. The van der Waals surface area contributed by atoms with Crippen molar-refractivity contribution in [3.63, 3.8) is 0 Å². The van der Waals surface area contributed by atoms with E-state index in [9.17, 15) is 4.79 Å². The molecule has 2 rings (SSSR count). The first-order valence-electron chi connectivity index (χ1n) is 6.32. The molecule has 0 aromatic heterocycles. The molecule has 3 nitrogen and oxygen atoms in total. The Morgan fingerprint density at radius 1 is 1.47 bits per heavy atom. The van der Waals surface area contributed by atoms with Crippen LogP contribution >= 0.6 is 0 Å². The predicted octanol–water partition coefficient (Wildman–Crippen LogP) is 2.97. The molecule has 1 atom stereocenters. The molecule has 0 N–H and O–H groups in total. The van der Waals surface area contributed by atoms with Gasteiger partial charge in [-0.15, -0.1) is 0 Å². The lowest BCUT2D eigenvalue weighted by molar-refractivity contribution is -0.140. The summed E-state index contributed by atoms with van der Waals surface area (Å²) in [6.07, 6.45) is 12.5. The van der Waals surface area contributed by atoms with Gasteiger partial charge < -0.3 is 9.47 Å². The third-order valence-electron chi connectivity index (χ3n) is 3.70. The Morgan fingerprint density at radius 2 is 2.35 bits per heavy atom. The van der Waals surface area contributed by atoms with E-state index in [0.29, 0.717) is 13.0 Å². The molecule has 94 valence electrons. The highest BCUT2D eigenvalue weighted by atomic mass is 16.5. The van der Waals surface area contributed by atoms with Crippen LogP contribution in [0, 0.1) is 5.41 Å². The van der Waals surface area contributed by atoms with E-state index in [0.717, 1.165) is 18.4 Å². The molecule has 1 aliphatic carbocycles. The fraction of sp³-hybridized carbons (Fsp3) is 0.643. The number of esters is 1. The summed E-state index contributed by atoms with van der Waals surface area (Å²) in [4.78, 5) is 11.4. The number of hydrogen-bond acceptors (Lipinski definition) is 3. The van der Waals surface area contributed by atoms with Crippen molar-refractivity contribution >= 4 is 5.97 Å². The molecule has 0 saturated heterocycles. The minimum atomic E-state index is -0.184. The van der Waals surface area contributed by atoms with E-state index in [2.05, 4.69) is 12.2 Å². The van der Waals surface area contributed by atoms with Crippen molar-refractivity contribution in [2.45, 2.75) is 38.5 Å². The van der Waals surface area contributed by atoms with Crippen LogP contribution in [-0.2, 0) is 14.3 Å². The van der Waals surface area contributed by atoms with Gasteiger partial charge in [0.2, 0.25) is 0 Å². The summed E-state index contributed by atoms with van der Waals surface area (Å²) in [5.41, 5.74) is 1.02. The molecule has 1 aliphatic heterocycles. The average Bonchev–Trinajstić information content (AvgIpc) is 2.68. The minimum Gasteiger partial charge on any atom is -0.500 e. The summed E-state index contributed by atoms with van der Waals surface area (Å²) in [7, 11) is 1.43. The van der Waals surface area contributed by atoms with Gasteiger partial charge in [-0.25, -0.2) is 0 Å². The van der Waals surface area contributed by atoms with Crippen LogP contribution in [0.1, 0.15) is 38.5 Å². The van der Waals surface area contributed by atoms with Crippen LogP contribution in [0.3, 0.4) is 0 Å². The molecule has 0 unspecified atom stereocenters. The average molecular weight is 236 g/mol. The van der Waals surface area contributed by atoms with E-state index >= 15 is 0 Å². The van der Waals surface area contributed by atoms with E-state index in [1.165, 1.54) is 26.4 Å². The molecule has 1 heterocycles. The highest BCUT2D eigenvalue weighted by molar-refractivity contribution is 5.73. The summed E-state index contributed by atoms with van der Waals surface area (Å²) in [6.45, 7) is 0.676. The quantitative estimate of drug-likeness (QED) is 0.546. The summed E-state index contributed by atoms with van der Waals surface area (Å²) >= 11 is 0. The number of ether oxygens (including phenoxy) is 2. The zero-order chi connectivity index (χ0) is 12.1. The van der Waals surface area contributed by atoms with E-state index in [1.54, 1.807) is 6.26 Å². The van der Waals surface area contributed by atoms with E-state index in [4.69, 9.17) is 9.47 Å². The van der Waals surface area contributed by atoms with Gasteiger partial charge in [0, 0.05) is 5.41 Å². The highest BCUT2D eigenvalue weighted by Crippen LogP contribution is 2.42. The minimum absolute atomic E-state index is 0.0470. The molecule has 0 amide bonds. The fourth-order valence-electron chi connectivity index (χ4n) is 2.61. The molecule has 0 aromatic rings. The molecule has 1 spiro atoms. The molecule has 0 saturated carbocycles. The zero-order valence-corrected chi connectivity index (χ0v) is 10.4. The fourth-order valence-corrected chi connectivity index (χ4v) is 2.61. The van der Waals surface area contributed by atoms with Gasteiger partial charge >= 0.3 is 5.97 Å². The van der Waals surface area contributed by atoms with Gasteiger partial charge in [-0.3, -0.25) is 4.79 Å². The third kappa shape index (κ3) is 2.71. The van der Waals surface area contributed by atoms with Gasteiger partial charge in [-0.2, -0.15) is 0 Å². The van der Waals surface area contributed by atoms with Gasteiger partial charge in [0.05, 0.1) is 19.8 Å². The Balaban J connectivity index is 2.13. The molecule has 17 heavy (non-hydrogen) atoms. The van der Waals surface area contributed by atoms with Gasteiger partial charge in [0.25, 0.3) is 0 Å². The third-order valence-corrected chi connectivity index (χ3v) is 3.70. The number of methoxy groups -OCH3 is 1. The largest absolute Gasteiger partial charge is 0.500 e. The molecule has 0 radical (unpaired) electrons. The van der Waals surface area contributed by atoms with E-state index < -0.39 is 0 Å². The lowest BCUT2D eigenvalue weighted by Gasteiger charge is -2.28. The Labute approximate surface area is 102 Å². The van der Waals surface area contributed by atoms with Gasteiger partial charge in [0.1, 0.15) is 6.61 Å². The molecule has 2 aliphatic rings. The molecule has 0 bridgehead atoms. The molecule has 0 aromatic carbocycles. The summed E-state index contributed by atoms with van der Waals surface area (Å²) in [5, 5.41) is 0. The topological polar surface area (TPSA) is 35.5 Å². The van der Waals surface area contributed by atoms with Crippen molar-refractivity contribution < 1.29 is 14.3 Å². The molecular formula is C14H20O3. The standard InChI is InChI=1S/C14H20O3/c1-16-13(15)9-12-10-17-11-14(12)7-5-3-2-4-6-8-14/h5,7,10H,2-4,6,8-9,11H2,1H3/t14-/m1/s1. The Kier molecular flexibility index (Phi) is 3.87. The first kappa shape index (κ1) is 12.2. The van der Waals surface area contributed by atoms with Gasteiger partial charge in [0.15, 0.2) is 0 Å². The van der Waals surface area contributed by atoms with Crippen LogP contribution in [0.15, 0.2) is 24.0 Å². The Bertz CT molecular complexity index is 343. The van der Waals surface area contributed by atoms with Crippen molar-refractivity contribution in [2.75, 3.05) is 13.7 Å². The van der Waals surface area contributed by atoms with Crippen molar-refractivity contribution in [2.24, 2.45) is 5.41 Å². The van der Waals surface area contributed by atoms with Crippen LogP contribution in [-0.4, -0.2) is 19.7 Å². The second-order valence-electron chi connectivity index (χ2n) is 4.86. The lowest BCUT2D eigenvalue weighted by Crippen LogP contribution is -2.24. The van der Waals surface area contributed by atoms with Crippen molar-refractivity contribution in [3.05, 3.63) is 24.0 Å². The van der Waals surface area contributed by atoms with E-state index in [-0.39, 0.29) is 11.4 Å². The summed E-state index contributed by atoms with van der Waals surface area (Å²) in [5.74, 6) is -0.184. The van der Waals surface area contributed by atoms with Crippen molar-refractivity contribution in [1.82, 2.24) is 0 Å². The SMILES string of the molecule is COC(=O)CC1=COC[C@]12C=CCCCCC2. The smallest absolute Gasteiger partial charge is 0.309 e. The zero-order valence-electron chi connectivity index (χ0n) is 10.4. The predicted molar refractivity (Wildman–Crippen MR) is 65.3 cm³/mol. The van der Waals surface area contributed by atoms with Crippen molar-refractivity contribution in [1.29, 1.82) is 0 Å². The number of carbonyl (C=O) groups excluding carboxylic acids is 1. The van der Waals surface area contributed by atoms with Crippen LogP contribution < -0.4 is 0 Å². The highest BCUT2D eigenvalue weighted by Gasteiger charge is 2.37. The monoisotopic (exact) mass is 236 g/mol. The first-order valence-corrected chi connectivity index (χ1v) is 6.32. The number of allylic oxidation sites excluding steroid dienone is 1. The number of rotatable bonds is 2. The Hall–Kier alpha value is -1.25. The van der Waals surface area contributed by atoms with Crippen LogP contribution in [0.4, 0.5) is 0 Å². The second kappa shape index (κ2) is 5.39. The van der Waals surface area contributed by atoms with Crippen LogP contribution in [0.25, 0.3) is 0 Å². The van der Waals surface area contributed by atoms with Gasteiger partial charge in [-0.05, 0) is 24.8 Å². The molecule has 3 heteroatoms. The first-order chi connectivity index (χ1) is 8.27. The lowest BCUT2D eigenvalue weighted by atomic mass is 9.75. The van der Waals surface area contributed by atoms with Crippen molar-refractivity contribution in [3.8, 4) is 0 Å². The van der Waals surface area contributed by atoms with E-state index in [1.807, 2.05) is 0 Å².